The van der Waals surface area contributed by atoms with Crippen molar-refractivity contribution in [3.63, 3.8) is 0 Å². The molecule has 21 heavy (non-hydrogen) atoms. The number of halogens is 3. The van der Waals surface area contributed by atoms with E-state index in [1.165, 1.54) is 0 Å². The Hall–Kier alpha value is -1.25. The summed E-state index contributed by atoms with van der Waals surface area (Å²) >= 11 is 10.4. The van der Waals surface area contributed by atoms with Crippen LogP contribution < -0.4 is 5.73 Å². The number of hydrogen-bond acceptors (Lipinski definition) is 4. The van der Waals surface area contributed by atoms with Gasteiger partial charge in [0.2, 0.25) is 0 Å². The molecule has 0 spiro atoms. The highest BCUT2D eigenvalue weighted by Gasteiger charge is 2.16. The molecule has 0 saturated carbocycles. The Bertz CT molecular complexity index is 795. The Kier molecular flexibility index (Phi) is 4.10. The Labute approximate surface area is 145 Å². The lowest BCUT2D eigenvalue weighted by Gasteiger charge is -2.09. The summed E-state index contributed by atoms with van der Waals surface area (Å²) in [7, 11) is 0. The van der Waals surface area contributed by atoms with Gasteiger partial charge in [0.15, 0.2) is 5.82 Å². The van der Waals surface area contributed by atoms with Gasteiger partial charge in [0.25, 0.3) is 0 Å². The van der Waals surface area contributed by atoms with E-state index in [2.05, 4.69) is 63.3 Å². The zero-order valence-electron chi connectivity index (χ0n) is 10.5. The van der Waals surface area contributed by atoms with Crippen LogP contribution in [0.2, 0.25) is 0 Å². The molecule has 1 aromatic heterocycles. The number of nitrogens with two attached hydrogens (primary N) is 1. The van der Waals surface area contributed by atoms with E-state index in [1.54, 1.807) is 4.68 Å². The lowest BCUT2D eigenvalue weighted by atomic mass is 10.2. The first-order chi connectivity index (χ1) is 10.1. The van der Waals surface area contributed by atoms with Crippen LogP contribution in [0.4, 0.5) is 5.69 Å². The molecule has 0 unspecified atom stereocenters. The summed E-state index contributed by atoms with van der Waals surface area (Å²) in [5.41, 5.74) is 8.23. The van der Waals surface area contributed by atoms with Crippen molar-refractivity contribution >= 4 is 53.5 Å². The van der Waals surface area contributed by atoms with Gasteiger partial charge in [-0.2, -0.15) is 4.68 Å². The van der Waals surface area contributed by atoms with Gasteiger partial charge in [0.1, 0.15) is 0 Å². The fourth-order valence-electron chi connectivity index (χ4n) is 1.89. The maximum atomic E-state index is 5.93. The summed E-state index contributed by atoms with van der Waals surface area (Å²) in [6.45, 7) is 0. The summed E-state index contributed by atoms with van der Waals surface area (Å²) in [5.74, 6) is 0.613. The van der Waals surface area contributed by atoms with Crippen LogP contribution in [0.1, 0.15) is 0 Å². The van der Waals surface area contributed by atoms with Gasteiger partial charge >= 0.3 is 0 Å². The summed E-state index contributed by atoms with van der Waals surface area (Å²) < 4.78 is 4.27. The molecule has 0 saturated heterocycles. The second-order valence-corrected chi connectivity index (χ2v) is 6.78. The van der Waals surface area contributed by atoms with E-state index in [0.29, 0.717) is 11.5 Å². The van der Waals surface area contributed by atoms with Gasteiger partial charge in [-0.15, -0.1) is 5.10 Å². The molecule has 0 aliphatic carbocycles. The van der Waals surface area contributed by atoms with E-state index < -0.39 is 0 Å². The zero-order chi connectivity index (χ0) is 15.0. The zero-order valence-corrected chi connectivity index (χ0v) is 15.2. The molecule has 8 heteroatoms. The van der Waals surface area contributed by atoms with Gasteiger partial charge in [-0.05, 0) is 88.5 Å². The van der Waals surface area contributed by atoms with Crippen molar-refractivity contribution in [2.45, 2.75) is 0 Å². The van der Waals surface area contributed by atoms with Crippen molar-refractivity contribution in [1.29, 1.82) is 0 Å². The number of hydrogen-bond donors (Lipinski definition) is 1. The standard InChI is InChI=1S/C13H8Br3N5/c14-8-5-4-7(6-11(8)17)13-18-19-20-21(13)12-9(15)2-1-3-10(12)16/h1-6H,17H2. The van der Waals surface area contributed by atoms with Crippen molar-refractivity contribution < 1.29 is 0 Å². The van der Waals surface area contributed by atoms with Gasteiger partial charge in [-0.3, -0.25) is 0 Å². The summed E-state index contributed by atoms with van der Waals surface area (Å²) in [5, 5.41) is 12.0. The van der Waals surface area contributed by atoms with Crippen LogP contribution in [0.15, 0.2) is 49.8 Å². The molecular weight excluding hydrogens is 466 g/mol. The van der Waals surface area contributed by atoms with Crippen LogP contribution in [0.3, 0.4) is 0 Å². The predicted octanol–water partition coefficient (Wildman–Crippen LogP) is 4.20. The average molecular weight is 474 g/mol. The predicted molar refractivity (Wildman–Crippen MR) is 92.1 cm³/mol. The SMILES string of the molecule is Nc1cc(-c2nnnn2-c2c(Br)cccc2Br)ccc1Br. The molecule has 1 heterocycles. The van der Waals surface area contributed by atoms with Crippen LogP contribution in [0.25, 0.3) is 17.1 Å². The third-order valence-corrected chi connectivity index (χ3v) is 4.88. The number of para-hydroxylation sites is 1. The van der Waals surface area contributed by atoms with Crippen LogP contribution >= 0.6 is 47.8 Å². The first kappa shape index (κ1) is 14.7. The molecule has 0 amide bonds. The van der Waals surface area contributed by atoms with Crippen molar-refractivity contribution in [3.8, 4) is 17.1 Å². The minimum atomic E-state index is 0.613. The molecule has 2 N–H and O–H groups in total. The fourth-order valence-corrected chi connectivity index (χ4v) is 3.47. The fraction of sp³-hybridized carbons (Fsp3) is 0. The molecule has 3 aromatic rings. The maximum Gasteiger partial charge on any atom is 0.187 e. The van der Waals surface area contributed by atoms with Gasteiger partial charge in [-0.25, -0.2) is 0 Å². The number of aromatic nitrogens is 4. The second kappa shape index (κ2) is 5.86. The number of nitrogens with zero attached hydrogens (tertiary/aromatic N) is 4. The maximum absolute atomic E-state index is 5.93. The Morgan fingerprint density at radius 1 is 0.952 bits per heavy atom. The van der Waals surface area contributed by atoms with Gasteiger partial charge in [0.05, 0.1) is 5.69 Å². The molecule has 3 rings (SSSR count). The third kappa shape index (κ3) is 2.75. The second-order valence-electron chi connectivity index (χ2n) is 4.22. The van der Waals surface area contributed by atoms with Crippen molar-refractivity contribution in [2.24, 2.45) is 0 Å². The van der Waals surface area contributed by atoms with E-state index >= 15 is 0 Å². The monoisotopic (exact) mass is 471 g/mol. The van der Waals surface area contributed by atoms with Gasteiger partial charge in [0, 0.05) is 24.7 Å². The quantitative estimate of drug-likeness (QED) is 0.566. The highest BCUT2D eigenvalue weighted by molar-refractivity contribution is 9.11. The minimum Gasteiger partial charge on any atom is -0.398 e. The molecule has 5 nitrogen and oxygen atoms in total. The van der Waals surface area contributed by atoms with Crippen molar-refractivity contribution in [3.05, 3.63) is 49.8 Å². The molecule has 0 fully saturated rings. The van der Waals surface area contributed by atoms with Gasteiger partial charge < -0.3 is 5.73 Å². The third-order valence-electron chi connectivity index (χ3n) is 2.87. The lowest BCUT2D eigenvalue weighted by molar-refractivity contribution is 0.786. The Morgan fingerprint density at radius 2 is 1.67 bits per heavy atom. The number of tetrazole rings is 1. The number of rotatable bonds is 2. The summed E-state index contributed by atoms with van der Waals surface area (Å²) in [4.78, 5) is 0. The first-order valence-corrected chi connectivity index (χ1v) is 8.24. The first-order valence-electron chi connectivity index (χ1n) is 5.86. The highest BCUT2D eigenvalue weighted by Crippen LogP contribution is 2.32. The lowest BCUT2D eigenvalue weighted by Crippen LogP contribution is -2.02. The van der Waals surface area contributed by atoms with Crippen molar-refractivity contribution in [1.82, 2.24) is 20.2 Å². The molecule has 0 aliphatic heterocycles. The highest BCUT2D eigenvalue weighted by atomic mass is 79.9. The molecule has 2 aromatic carbocycles. The molecule has 106 valence electrons. The van der Waals surface area contributed by atoms with Crippen LogP contribution in [0, 0.1) is 0 Å². The number of nitrogen functional groups attached to an aromatic ring is 1. The molecule has 0 atom stereocenters. The topological polar surface area (TPSA) is 69.6 Å². The minimum absolute atomic E-state index is 0.613. The van der Waals surface area contributed by atoms with E-state index in [0.717, 1.165) is 24.7 Å². The summed E-state index contributed by atoms with van der Waals surface area (Å²) in [6, 6.07) is 11.4. The Balaban J connectivity index is 2.20. The molecule has 0 aliphatic rings. The van der Waals surface area contributed by atoms with Crippen LogP contribution in [0.5, 0.6) is 0 Å². The normalized spacial score (nSPS) is 10.8. The number of anilines is 1. The average Bonchev–Trinajstić information content (AvgIpc) is 2.91. The largest absolute Gasteiger partial charge is 0.398 e. The molecular formula is C13H8Br3N5. The van der Waals surface area contributed by atoms with Crippen molar-refractivity contribution in [2.75, 3.05) is 5.73 Å². The molecule has 0 bridgehead atoms. The van der Waals surface area contributed by atoms with Crippen LogP contribution in [-0.2, 0) is 0 Å². The van der Waals surface area contributed by atoms with Crippen LogP contribution in [-0.4, -0.2) is 20.2 Å². The van der Waals surface area contributed by atoms with E-state index in [-0.39, 0.29) is 0 Å². The smallest absolute Gasteiger partial charge is 0.187 e. The van der Waals surface area contributed by atoms with E-state index in [9.17, 15) is 0 Å². The summed E-state index contributed by atoms with van der Waals surface area (Å²) in [6.07, 6.45) is 0. The van der Waals surface area contributed by atoms with E-state index in [1.807, 2.05) is 36.4 Å². The number of benzene rings is 2. The van der Waals surface area contributed by atoms with E-state index in [4.69, 9.17) is 5.73 Å². The Morgan fingerprint density at radius 3 is 2.33 bits per heavy atom. The van der Waals surface area contributed by atoms with Gasteiger partial charge in [-0.1, -0.05) is 6.07 Å². The molecule has 0 radical (unpaired) electrons.